The third-order valence-corrected chi connectivity index (χ3v) is 6.84. The van der Waals surface area contributed by atoms with Crippen LogP contribution in [-0.2, 0) is 9.59 Å². The van der Waals surface area contributed by atoms with Crippen molar-refractivity contribution in [3.63, 3.8) is 0 Å². The predicted octanol–water partition coefficient (Wildman–Crippen LogP) is 2.76. The second kappa shape index (κ2) is 7.40. The van der Waals surface area contributed by atoms with Gasteiger partial charge in [0.2, 0.25) is 11.8 Å². The predicted molar refractivity (Wildman–Crippen MR) is 98.0 cm³/mol. The fourth-order valence-corrected chi connectivity index (χ4v) is 5.55. The van der Waals surface area contributed by atoms with E-state index < -0.39 is 0 Å². The number of rotatable bonds is 5. The molecule has 1 heterocycles. The summed E-state index contributed by atoms with van der Waals surface area (Å²) in [6.45, 7) is 7.82. The highest BCUT2D eigenvalue weighted by atomic mass is 32.2. The van der Waals surface area contributed by atoms with Gasteiger partial charge >= 0.3 is 0 Å². The van der Waals surface area contributed by atoms with Crippen LogP contribution >= 0.6 is 11.8 Å². The molecule has 0 aliphatic heterocycles. The Labute approximate surface area is 153 Å². The fraction of sp³-hybridized carbons (Fsp3) is 0.722. The molecular formula is C18H28N4O2S. The Hall–Kier alpha value is -1.50. The zero-order valence-corrected chi connectivity index (χ0v) is 16.3. The van der Waals surface area contributed by atoms with E-state index in [2.05, 4.69) is 29.3 Å². The summed E-state index contributed by atoms with van der Waals surface area (Å²) in [7, 11) is 0. The maximum absolute atomic E-state index is 11.9. The van der Waals surface area contributed by atoms with Crippen LogP contribution in [0.15, 0.2) is 5.16 Å². The van der Waals surface area contributed by atoms with Gasteiger partial charge in [-0.25, -0.2) is 4.98 Å². The van der Waals surface area contributed by atoms with E-state index >= 15 is 0 Å². The molecule has 2 aliphatic rings. The molecule has 3 rings (SSSR count). The molecule has 0 unspecified atom stereocenters. The van der Waals surface area contributed by atoms with Crippen molar-refractivity contribution < 1.29 is 9.59 Å². The number of fused-ring (bicyclic) bond motifs is 2. The van der Waals surface area contributed by atoms with Crippen LogP contribution in [0.4, 0.5) is 0 Å². The Balaban J connectivity index is 1.69. The number of aromatic nitrogens is 2. The lowest BCUT2D eigenvalue weighted by Gasteiger charge is -2.30. The highest BCUT2D eigenvalue weighted by molar-refractivity contribution is 7.99. The molecule has 2 N–H and O–H groups in total. The van der Waals surface area contributed by atoms with Gasteiger partial charge in [-0.1, -0.05) is 18.2 Å². The first-order chi connectivity index (χ1) is 11.9. The third kappa shape index (κ3) is 3.86. The molecule has 138 valence electrons. The average molecular weight is 365 g/mol. The van der Waals surface area contributed by atoms with Crippen molar-refractivity contribution in [2.24, 2.45) is 17.8 Å². The number of aryl methyl sites for hydroxylation is 1. The van der Waals surface area contributed by atoms with E-state index in [1.165, 1.54) is 50.1 Å². The SMILES string of the molecule is CC(=O)NNC(=O)CSc1nc(C)c(C)n1[C@H](C)[C@@H]1C[C@H]2CC[C@H]1C2. The number of hydrogen-bond donors (Lipinski definition) is 2. The first-order valence-electron chi connectivity index (χ1n) is 9.10. The molecule has 0 spiro atoms. The quantitative estimate of drug-likeness (QED) is 0.622. The van der Waals surface area contributed by atoms with Crippen molar-refractivity contribution >= 4 is 23.6 Å². The summed E-state index contributed by atoms with van der Waals surface area (Å²) < 4.78 is 2.33. The topological polar surface area (TPSA) is 76.0 Å². The van der Waals surface area contributed by atoms with E-state index in [0.29, 0.717) is 6.04 Å². The van der Waals surface area contributed by atoms with Crippen molar-refractivity contribution in [3.8, 4) is 0 Å². The molecule has 2 amide bonds. The number of thioether (sulfide) groups is 1. The number of amides is 2. The Bertz CT molecular complexity index is 672. The normalized spacial score (nSPS) is 25.8. The highest BCUT2D eigenvalue weighted by Gasteiger charge is 2.43. The molecular weight excluding hydrogens is 336 g/mol. The summed E-state index contributed by atoms with van der Waals surface area (Å²) in [4.78, 5) is 27.4. The average Bonchev–Trinajstić information content (AvgIpc) is 3.26. The van der Waals surface area contributed by atoms with Crippen LogP contribution in [0.1, 0.15) is 57.0 Å². The van der Waals surface area contributed by atoms with E-state index in [4.69, 9.17) is 4.98 Å². The maximum Gasteiger partial charge on any atom is 0.248 e. The zero-order chi connectivity index (χ0) is 18.1. The van der Waals surface area contributed by atoms with Gasteiger partial charge in [-0.15, -0.1) is 0 Å². The van der Waals surface area contributed by atoms with E-state index in [-0.39, 0.29) is 17.6 Å². The highest BCUT2D eigenvalue weighted by Crippen LogP contribution is 2.52. The van der Waals surface area contributed by atoms with Gasteiger partial charge in [0.15, 0.2) is 5.16 Å². The van der Waals surface area contributed by atoms with Crippen LogP contribution in [0.3, 0.4) is 0 Å². The van der Waals surface area contributed by atoms with E-state index in [0.717, 1.165) is 28.6 Å². The number of nitrogens with one attached hydrogen (secondary N) is 2. The Morgan fingerprint density at radius 2 is 2.04 bits per heavy atom. The Morgan fingerprint density at radius 1 is 1.28 bits per heavy atom. The molecule has 2 saturated carbocycles. The van der Waals surface area contributed by atoms with Crippen LogP contribution < -0.4 is 10.9 Å². The van der Waals surface area contributed by atoms with Gasteiger partial charge in [-0.2, -0.15) is 0 Å². The number of hydrogen-bond acceptors (Lipinski definition) is 4. The lowest BCUT2D eigenvalue weighted by molar-refractivity contribution is -0.126. The van der Waals surface area contributed by atoms with E-state index in [9.17, 15) is 9.59 Å². The van der Waals surface area contributed by atoms with Crippen LogP contribution in [0.5, 0.6) is 0 Å². The van der Waals surface area contributed by atoms with Crippen molar-refractivity contribution in [2.75, 3.05) is 5.75 Å². The van der Waals surface area contributed by atoms with Gasteiger partial charge in [0, 0.05) is 18.7 Å². The minimum Gasteiger partial charge on any atom is -0.320 e. The van der Waals surface area contributed by atoms with Gasteiger partial charge in [0.05, 0.1) is 11.4 Å². The molecule has 2 bridgehead atoms. The molecule has 0 aromatic carbocycles. The van der Waals surface area contributed by atoms with Crippen LogP contribution in [0.2, 0.25) is 0 Å². The van der Waals surface area contributed by atoms with Gasteiger partial charge in [0.1, 0.15) is 0 Å². The van der Waals surface area contributed by atoms with Gasteiger partial charge < -0.3 is 4.57 Å². The maximum atomic E-state index is 11.9. The minimum atomic E-state index is -0.281. The molecule has 7 heteroatoms. The molecule has 6 nitrogen and oxygen atoms in total. The standard InChI is InChI=1S/C18H28N4O2S/c1-10-11(2)22(12(3)16-8-14-5-6-15(16)7-14)18(19-10)25-9-17(24)21-20-13(4)23/h12,14-16H,5-9H2,1-4H3,(H,20,23)(H,21,24)/t12-,14+,15+,16+/m1/s1. The number of carbonyl (C=O) groups is 2. The molecule has 2 fully saturated rings. The fourth-order valence-electron chi connectivity index (χ4n) is 4.58. The van der Waals surface area contributed by atoms with E-state index in [1.54, 1.807) is 0 Å². The number of imidazole rings is 1. The summed E-state index contributed by atoms with van der Waals surface area (Å²) in [5.41, 5.74) is 6.94. The minimum absolute atomic E-state index is 0.224. The first kappa shape index (κ1) is 18.3. The van der Waals surface area contributed by atoms with Crippen LogP contribution in [-0.4, -0.2) is 27.1 Å². The summed E-state index contributed by atoms with van der Waals surface area (Å²) in [6.07, 6.45) is 5.49. The molecule has 2 aliphatic carbocycles. The van der Waals surface area contributed by atoms with Gasteiger partial charge in [-0.3, -0.25) is 20.4 Å². The molecule has 0 saturated heterocycles. The van der Waals surface area contributed by atoms with Crippen molar-refractivity contribution in [2.45, 2.75) is 64.6 Å². The second-order valence-corrected chi connectivity index (χ2v) is 8.48. The third-order valence-electron chi connectivity index (χ3n) is 5.88. The Kier molecular flexibility index (Phi) is 5.41. The molecule has 0 radical (unpaired) electrons. The molecule has 1 aromatic rings. The second-order valence-electron chi connectivity index (χ2n) is 7.53. The van der Waals surface area contributed by atoms with Gasteiger partial charge in [0.25, 0.3) is 0 Å². The molecule has 4 atom stereocenters. The van der Waals surface area contributed by atoms with Crippen molar-refractivity contribution in [3.05, 3.63) is 11.4 Å². The first-order valence-corrected chi connectivity index (χ1v) is 10.1. The summed E-state index contributed by atoms with van der Waals surface area (Å²) in [5, 5.41) is 0.906. The van der Waals surface area contributed by atoms with Crippen molar-refractivity contribution in [1.82, 2.24) is 20.4 Å². The Morgan fingerprint density at radius 3 is 2.64 bits per heavy atom. The lowest BCUT2D eigenvalue weighted by atomic mass is 9.84. The summed E-state index contributed by atoms with van der Waals surface area (Å²) in [6, 6.07) is 0.414. The summed E-state index contributed by atoms with van der Waals surface area (Å²) in [5.74, 6) is 2.22. The molecule has 1 aromatic heterocycles. The zero-order valence-electron chi connectivity index (χ0n) is 15.5. The number of carbonyl (C=O) groups excluding carboxylic acids is 2. The van der Waals surface area contributed by atoms with Crippen LogP contribution in [0.25, 0.3) is 0 Å². The largest absolute Gasteiger partial charge is 0.320 e. The smallest absolute Gasteiger partial charge is 0.248 e. The van der Waals surface area contributed by atoms with Crippen molar-refractivity contribution in [1.29, 1.82) is 0 Å². The summed E-state index contributed by atoms with van der Waals surface area (Å²) >= 11 is 1.44. The number of hydrazine groups is 1. The van der Waals surface area contributed by atoms with Gasteiger partial charge in [-0.05, 0) is 57.8 Å². The van der Waals surface area contributed by atoms with E-state index in [1.807, 2.05) is 6.92 Å². The molecule has 25 heavy (non-hydrogen) atoms. The van der Waals surface area contributed by atoms with Crippen LogP contribution in [0, 0.1) is 31.6 Å². The lowest BCUT2D eigenvalue weighted by Crippen LogP contribution is -2.41. The number of nitrogens with zero attached hydrogens (tertiary/aromatic N) is 2. The monoisotopic (exact) mass is 364 g/mol.